The Hall–Kier alpha value is -3.10. The van der Waals surface area contributed by atoms with E-state index >= 15 is 0 Å². The van der Waals surface area contributed by atoms with Gasteiger partial charge in [0.15, 0.2) is 0 Å². The summed E-state index contributed by atoms with van der Waals surface area (Å²) in [6.45, 7) is 5.38. The van der Waals surface area contributed by atoms with Gasteiger partial charge in [-0.3, -0.25) is 14.8 Å². The molecule has 1 aliphatic rings. The molecule has 7 heteroatoms. The molecule has 0 saturated carbocycles. The van der Waals surface area contributed by atoms with Gasteiger partial charge in [-0.1, -0.05) is 72.8 Å². The zero-order valence-electron chi connectivity index (χ0n) is 20.3. The van der Waals surface area contributed by atoms with E-state index in [1.807, 2.05) is 30.3 Å². The van der Waals surface area contributed by atoms with Crippen molar-refractivity contribution in [3.63, 3.8) is 0 Å². The van der Waals surface area contributed by atoms with E-state index in [1.165, 1.54) is 5.56 Å². The Morgan fingerprint density at radius 2 is 1.44 bits per heavy atom. The van der Waals surface area contributed by atoms with Crippen molar-refractivity contribution in [1.29, 1.82) is 0 Å². The summed E-state index contributed by atoms with van der Waals surface area (Å²) < 4.78 is 30.2. The number of aromatic nitrogens is 1. The van der Waals surface area contributed by atoms with Gasteiger partial charge in [0, 0.05) is 68.5 Å². The van der Waals surface area contributed by atoms with Crippen LogP contribution in [0.4, 0.5) is 0 Å². The molecule has 1 aromatic heterocycles. The molecule has 4 aromatic rings. The SMILES string of the molecule is O=S(=O)(N[C@H](Cc1ccccc1)CN1CCN(Cc2ccccc2)CC1)c1cccc2cnccc12. The molecule has 2 heterocycles. The summed E-state index contributed by atoms with van der Waals surface area (Å²) in [5.74, 6) is 0. The van der Waals surface area contributed by atoms with Gasteiger partial charge >= 0.3 is 0 Å². The molecule has 0 radical (unpaired) electrons. The summed E-state index contributed by atoms with van der Waals surface area (Å²) in [7, 11) is -3.72. The smallest absolute Gasteiger partial charge is 0.241 e. The third kappa shape index (κ3) is 6.17. The highest BCUT2D eigenvalue weighted by Gasteiger charge is 2.26. The molecule has 0 amide bonds. The van der Waals surface area contributed by atoms with Gasteiger partial charge < -0.3 is 0 Å². The van der Waals surface area contributed by atoms with Crippen LogP contribution in [0.15, 0.2) is 102 Å². The summed E-state index contributed by atoms with van der Waals surface area (Å²) in [6.07, 6.45) is 3.97. The maximum Gasteiger partial charge on any atom is 0.241 e. The van der Waals surface area contributed by atoms with Gasteiger partial charge in [-0.2, -0.15) is 0 Å². The van der Waals surface area contributed by atoms with E-state index in [-0.39, 0.29) is 6.04 Å². The van der Waals surface area contributed by atoms with Gasteiger partial charge in [0.05, 0.1) is 4.90 Å². The van der Waals surface area contributed by atoms with Crippen LogP contribution in [0, 0.1) is 0 Å². The number of sulfonamides is 1. The normalized spacial score (nSPS) is 16.2. The van der Waals surface area contributed by atoms with E-state index in [1.54, 1.807) is 30.6 Å². The fraction of sp³-hybridized carbons (Fsp3) is 0.276. The first-order valence-electron chi connectivity index (χ1n) is 12.4. The van der Waals surface area contributed by atoms with Gasteiger partial charge in [0.25, 0.3) is 0 Å². The zero-order chi connectivity index (χ0) is 24.8. The molecule has 1 atom stereocenters. The van der Waals surface area contributed by atoms with E-state index in [2.05, 4.69) is 55.9 Å². The van der Waals surface area contributed by atoms with Crippen molar-refractivity contribution in [3.8, 4) is 0 Å². The predicted molar refractivity (Wildman–Crippen MR) is 144 cm³/mol. The Bertz CT molecular complexity index is 1370. The molecule has 5 rings (SSSR count). The van der Waals surface area contributed by atoms with Crippen LogP contribution in [0.25, 0.3) is 10.8 Å². The minimum Gasteiger partial charge on any atom is -0.299 e. The maximum atomic E-state index is 13.6. The van der Waals surface area contributed by atoms with Crippen molar-refractivity contribution in [2.45, 2.75) is 23.9 Å². The fourth-order valence-electron chi connectivity index (χ4n) is 4.94. The van der Waals surface area contributed by atoms with Crippen molar-refractivity contribution < 1.29 is 8.42 Å². The lowest BCUT2D eigenvalue weighted by molar-refractivity contribution is 0.120. The third-order valence-electron chi connectivity index (χ3n) is 6.77. The van der Waals surface area contributed by atoms with Gasteiger partial charge in [-0.05, 0) is 29.7 Å². The highest BCUT2D eigenvalue weighted by Crippen LogP contribution is 2.23. The maximum absolute atomic E-state index is 13.6. The van der Waals surface area contributed by atoms with E-state index in [0.29, 0.717) is 23.2 Å². The molecule has 1 aliphatic heterocycles. The van der Waals surface area contributed by atoms with Crippen molar-refractivity contribution in [3.05, 3.63) is 108 Å². The lowest BCUT2D eigenvalue weighted by Crippen LogP contribution is -2.51. The van der Waals surface area contributed by atoms with Crippen LogP contribution in [0.1, 0.15) is 11.1 Å². The van der Waals surface area contributed by atoms with Crippen LogP contribution in [0.3, 0.4) is 0 Å². The molecule has 1 fully saturated rings. The third-order valence-corrected chi connectivity index (χ3v) is 8.35. The Kier molecular flexibility index (Phi) is 7.72. The Morgan fingerprint density at radius 1 is 0.778 bits per heavy atom. The second kappa shape index (κ2) is 11.3. The molecule has 0 spiro atoms. The van der Waals surface area contributed by atoms with Crippen LogP contribution >= 0.6 is 0 Å². The molecule has 3 aromatic carbocycles. The van der Waals surface area contributed by atoms with Gasteiger partial charge in [0.1, 0.15) is 0 Å². The molecule has 0 bridgehead atoms. The summed E-state index contributed by atoms with van der Waals surface area (Å²) in [6, 6.07) is 27.5. The molecule has 186 valence electrons. The van der Waals surface area contributed by atoms with E-state index in [4.69, 9.17) is 0 Å². The molecule has 1 N–H and O–H groups in total. The minimum absolute atomic E-state index is 0.241. The number of hydrogen-bond acceptors (Lipinski definition) is 5. The van der Waals surface area contributed by atoms with Crippen LogP contribution < -0.4 is 4.72 Å². The van der Waals surface area contributed by atoms with Crippen LogP contribution in [0.5, 0.6) is 0 Å². The fourth-order valence-corrected chi connectivity index (χ4v) is 6.39. The quantitative estimate of drug-likeness (QED) is 0.377. The number of rotatable bonds is 9. The largest absolute Gasteiger partial charge is 0.299 e. The minimum atomic E-state index is -3.72. The molecular formula is C29H32N4O2S. The average Bonchev–Trinajstić information content (AvgIpc) is 2.90. The Morgan fingerprint density at radius 3 is 2.17 bits per heavy atom. The second-order valence-electron chi connectivity index (χ2n) is 9.42. The second-order valence-corrected chi connectivity index (χ2v) is 11.1. The first-order valence-corrected chi connectivity index (χ1v) is 13.9. The van der Waals surface area contributed by atoms with Crippen molar-refractivity contribution in [2.24, 2.45) is 0 Å². The molecule has 6 nitrogen and oxygen atoms in total. The first-order chi connectivity index (χ1) is 17.6. The lowest BCUT2D eigenvalue weighted by Gasteiger charge is -2.36. The van der Waals surface area contributed by atoms with Crippen molar-refractivity contribution in [2.75, 3.05) is 32.7 Å². The van der Waals surface area contributed by atoms with Gasteiger partial charge in [0.2, 0.25) is 10.0 Å². The Balaban J connectivity index is 1.30. The monoisotopic (exact) mass is 500 g/mol. The predicted octanol–water partition coefficient (Wildman–Crippen LogP) is 3.94. The highest BCUT2D eigenvalue weighted by atomic mass is 32.2. The zero-order valence-corrected chi connectivity index (χ0v) is 21.1. The number of hydrogen-bond donors (Lipinski definition) is 1. The summed E-state index contributed by atoms with van der Waals surface area (Å²) in [5, 5.41) is 1.50. The summed E-state index contributed by atoms with van der Waals surface area (Å²) in [4.78, 5) is 9.28. The van der Waals surface area contributed by atoms with E-state index < -0.39 is 10.0 Å². The topological polar surface area (TPSA) is 65.5 Å². The lowest BCUT2D eigenvalue weighted by atomic mass is 10.1. The highest BCUT2D eigenvalue weighted by molar-refractivity contribution is 7.89. The summed E-state index contributed by atoms with van der Waals surface area (Å²) in [5.41, 5.74) is 2.45. The standard InChI is InChI=1S/C29H32N4O2S/c34-36(35,29-13-7-12-26-21-30-15-14-28(26)29)31-27(20-24-8-3-1-4-9-24)23-33-18-16-32(17-19-33)22-25-10-5-2-6-11-25/h1-15,21,27,31H,16-20,22-23H2/t27-/m1/s1. The Labute approximate surface area is 213 Å². The first kappa shape index (κ1) is 24.6. The van der Waals surface area contributed by atoms with Crippen LogP contribution in [-0.2, 0) is 23.0 Å². The number of fused-ring (bicyclic) bond motifs is 1. The summed E-state index contributed by atoms with van der Waals surface area (Å²) >= 11 is 0. The van der Waals surface area contributed by atoms with E-state index in [9.17, 15) is 8.42 Å². The average molecular weight is 501 g/mol. The number of benzene rings is 3. The molecular weight excluding hydrogens is 468 g/mol. The van der Waals surface area contributed by atoms with E-state index in [0.717, 1.165) is 43.7 Å². The number of nitrogens with zero attached hydrogens (tertiary/aromatic N) is 3. The van der Waals surface area contributed by atoms with Crippen LogP contribution in [-0.4, -0.2) is 62.0 Å². The number of pyridine rings is 1. The van der Waals surface area contributed by atoms with Gasteiger partial charge in [-0.25, -0.2) is 13.1 Å². The number of nitrogens with one attached hydrogen (secondary N) is 1. The van der Waals surface area contributed by atoms with Gasteiger partial charge in [-0.15, -0.1) is 0 Å². The number of piperazine rings is 1. The molecule has 0 aliphatic carbocycles. The molecule has 0 unspecified atom stereocenters. The van der Waals surface area contributed by atoms with Crippen molar-refractivity contribution >= 4 is 20.8 Å². The molecule has 1 saturated heterocycles. The van der Waals surface area contributed by atoms with Crippen molar-refractivity contribution in [1.82, 2.24) is 19.5 Å². The molecule has 36 heavy (non-hydrogen) atoms. The van der Waals surface area contributed by atoms with Crippen LogP contribution in [0.2, 0.25) is 0 Å².